The van der Waals surface area contributed by atoms with Crippen LogP contribution >= 0.6 is 0 Å². The maximum Gasteiger partial charge on any atom is 0.119 e. The predicted octanol–water partition coefficient (Wildman–Crippen LogP) is 1.37. The van der Waals surface area contributed by atoms with Gasteiger partial charge in [0.1, 0.15) is 5.75 Å². The van der Waals surface area contributed by atoms with Crippen LogP contribution in [0.15, 0.2) is 24.3 Å². The van der Waals surface area contributed by atoms with E-state index in [9.17, 15) is 0 Å². The van der Waals surface area contributed by atoms with E-state index in [1.54, 1.807) is 7.11 Å². The van der Waals surface area contributed by atoms with Gasteiger partial charge in [0.15, 0.2) is 0 Å². The largest absolute Gasteiger partial charge is 0.497 e. The van der Waals surface area contributed by atoms with Gasteiger partial charge in [0.25, 0.3) is 0 Å². The van der Waals surface area contributed by atoms with Crippen LogP contribution in [-0.2, 0) is 4.74 Å². The third-order valence-electron chi connectivity index (χ3n) is 2.33. The molecule has 1 aliphatic heterocycles. The Morgan fingerprint density at radius 1 is 1.50 bits per heavy atom. The second kappa shape index (κ2) is 4.44. The average molecular weight is 192 g/mol. The molecule has 2 rings (SSSR count). The normalized spacial score (nSPS) is 21.9. The van der Waals surface area contributed by atoms with Crippen LogP contribution in [0.2, 0.25) is 0 Å². The Kier molecular flexibility index (Phi) is 3.01. The number of nitrogens with zero attached hydrogens (tertiary/aromatic N) is 1. The van der Waals surface area contributed by atoms with Crippen LogP contribution in [0, 0.1) is 0 Å². The summed E-state index contributed by atoms with van der Waals surface area (Å²) in [7, 11) is 1.67. The van der Waals surface area contributed by atoms with Gasteiger partial charge in [-0.2, -0.15) is 0 Å². The monoisotopic (exact) mass is 192 g/mol. The van der Waals surface area contributed by atoms with Crippen molar-refractivity contribution in [1.82, 2.24) is 5.32 Å². The fraction of sp³-hybridized carbons (Fsp3) is 0.455. The molecule has 1 radical (unpaired) electrons. The second-order valence-corrected chi connectivity index (χ2v) is 3.27. The minimum Gasteiger partial charge on any atom is -0.497 e. The van der Waals surface area contributed by atoms with Gasteiger partial charge in [-0.05, 0) is 17.7 Å². The van der Waals surface area contributed by atoms with Crippen molar-refractivity contribution in [3.8, 4) is 5.75 Å². The summed E-state index contributed by atoms with van der Waals surface area (Å²) in [6.45, 7) is 2.30. The number of rotatable bonds is 2. The van der Waals surface area contributed by atoms with Crippen LogP contribution in [0.1, 0.15) is 11.7 Å². The molecule has 0 N–H and O–H groups in total. The standard InChI is InChI=1S/C11H14NO2/c1-13-10-4-2-3-9(7-10)11-8-12-5-6-14-11/h2-4,7,11H,5-6,8H2,1H3/t11-/m1/s1. The first kappa shape index (κ1) is 9.49. The number of hydrogen-bond acceptors (Lipinski definition) is 2. The van der Waals surface area contributed by atoms with Gasteiger partial charge in [-0.1, -0.05) is 12.1 Å². The van der Waals surface area contributed by atoms with E-state index in [4.69, 9.17) is 9.47 Å². The van der Waals surface area contributed by atoms with Crippen LogP contribution in [0.5, 0.6) is 5.75 Å². The lowest BCUT2D eigenvalue weighted by atomic mass is 10.1. The number of benzene rings is 1. The summed E-state index contributed by atoms with van der Waals surface area (Å²) in [5, 5.41) is 4.32. The first-order valence-electron chi connectivity index (χ1n) is 4.79. The number of methoxy groups -OCH3 is 1. The SMILES string of the molecule is COc1cccc([C@H]2C[N]CCO2)c1. The fourth-order valence-electron chi connectivity index (χ4n) is 1.56. The molecule has 3 nitrogen and oxygen atoms in total. The predicted molar refractivity (Wildman–Crippen MR) is 53.6 cm³/mol. The van der Waals surface area contributed by atoms with Gasteiger partial charge in [-0.15, -0.1) is 0 Å². The molecule has 14 heavy (non-hydrogen) atoms. The highest BCUT2D eigenvalue weighted by Crippen LogP contribution is 2.22. The molecule has 1 aliphatic rings. The number of hydrogen-bond donors (Lipinski definition) is 0. The van der Waals surface area contributed by atoms with E-state index in [0.29, 0.717) is 0 Å². The van der Waals surface area contributed by atoms with Crippen LogP contribution in [0.4, 0.5) is 0 Å². The quantitative estimate of drug-likeness (QED) is 0.709. The summed E-state index contributed by atoms with van der Waals surface area (Å²) in [5.74, 6) is 0.872. The smallest absolute Gasteiger partial charge is 0.119 e. The molecule has 0 aromatic heterocycles. The molecule has 0 spiro atoms. The van der Waals surface area contributed by atoms with Gasteiger partial charge in [0.2, 0.25) is 0 Å². The summed E-state index contributed by atoms with van der Waals surface area (Å²) in [6, 6.07) is 7.97. The summed E-state index contributed by atoms with van der Waals surface area (Å²) in [5.41, 5.74) is 1.15. The molecule has 1 fully saturated rings. The Hall–Kier alpha value is -1.06. The van der Waals surface area contributed by atoms with Crippen molar-refractivity contribution >= 4 is 0 Å². The van der Waals surface area contributed by atoms with E-state index in [0.717, 1.165) is 31.0 Å². The molecule has 1 aromatic carbocycles. The Bertz CT molecular complexity index is 295. The molecule has 0 bridgehead atoms. The maximum atomic E-state index is 5.61. The highest BCUT2D eigenvalue weighted by molar-refractivity contribution is 5.30. The molecule has 1 heterocycles. The van der Waals surface area contributed by atoms with Crippen LogP contribution in [0.25, 0.3) is 0 Å². The Labute approximate surface area is 84.0 Å². The fourth-order valence-corrected chi connectivity index (χ4v) is 1.56. The Balaban J connectivity index is 2.13. The van der Waals surface area contributed by atoms with Crippen molar-refractivity contribution in [2.45, 2.75) is 6.10 Å². The minimum atomic E-state index is 0.110. The van der Waals surface area contributed by atoms with Crippen LogP contribution in [-0.4, -0.2) is 26.8 Å². The average Bonchev–Trinajstić information content (AvgIpc) is 2.30. The third-order valence-corrected chi connectivity index (χ3v) is 2.33. The molecule has 75 valence electrons. The first-order chi connectivity index (χ1) is 6.90. The number of morpholine rings is 1. The van der Waals surface area contributed by atoms with Gasteiger partial charge in [-0.25, -0.2) is 5.32 Å². The number of ether oxygens (including phenoxy) is 2. The summed E-state index contributed by atoms with van der Waals surface area (Å²) in [6.07, 6.45) is 0.110. The van der Waals surface area contributed by atoms with Crippen molar-refractivity contribution in [1.29, 1.82) is 0 Å². The Morgan fingerprint density at radius 2 is 2.43 bits per heavy atom. The zero-order chi connectivity index (χ0) is 9.80. The lowest BCUT2D eigenvalue weighted by molar-refractivity contribution is 0.0259. The maximum absolute atomic E-state index is 5.61. The van der Waals surface area contributed by atoms with Gasteiger partial charge >= 0.3 is 0 Å². The third kappa shape index (κ3) is 2.05. The zero-order valence-electron chi connectivity index (χ0n) is 8.27. The Morgan fingerprint density at radius 3 is 3.14 bits per heavy atom. The van der Waals surface area contributed by atoms with Crippen molar-refractivity contribution in [2.24, 2.45) is 0 Å². The molecule has 0 amide bonds. The molecule has 1 atom stereocenters. The zero-order valence-corrected chi connectivity index (χ0v) is 8.27. The molecular formula is C11H14NO2. The molecule has 0 aliphatic carbocycles. The van der Waals surface area contributed by atoms with Gasteiger partial charge in [0.05, 0.1) is 19.8 Å². The molecule has 3 heteroatoms. The molecule has 1 aromatic rings. The van der Waals surface area contributed by atoms with Gasteiger partial charge in [-0.3, -0.25) is 0 Å². The van der Waals surface area contributed by atoms with E-state index >= 15 is 0 Å². The second-order valence-electron chi connectivity index (χ2n) is 3.27. The molecule has 0 saturated carbocycles. The summed E-state index contributed by atoms with van der Waals surface area (Å²) < 4.78 is 10.8. The lowest BCUT2D eigenvalue weighted by Crippen LogP contribution is -2.28. The van der Waals surface area contributed by atoms with Crippen molar-refractivity contribution in [2.75, 3.05) is 26.8 Å². The molecular weight excluding hydrogens is 178 g/mol. The van der Waals surface area contributed by atoms with Crippen LogP contribution in [0.3, 0.4) is 0 Å². The van der Waals surface area contributed by atoms with E-state index in [1.165, 1.54) is 0 Å². The summed E-state index contributed by atoms with van der Waals surface area (Å²) in [4.78, 5) is 0. The topological polar surface area (TPSA) is 32.6 Å². The van der Waals surface area contributed by atoms with Crippen LogP contribution < -0.4 is 10.1 Å². The van der Waals surface area contributed by atoms with E-state index in [2.05, 4.69) is 5.32 Å². The highest BCUT2D eigenvalue weighted by atomic mass is 16.5. The van der Waals surface area contributed by atoms with E-state index in [-0.39, 0.29) is 6.10 Å². The minimum absolute atomic E-state index is 0.110. The lowest BCUT2D eigenvalue weighted by Gasteiger charge is -2.22. The van der Waals surface area contributed by atoms with Crippen molar-refractivity contribution in [3.05, 3.63) is 29.8 Å². The van der Waals surface area contributed by atoms with E-state index in [1.807, 2.05) is 24.3 Å². The molecule has 0 unspecified atom stereocenters. The first-order valence-corrected chi connectivity index (χ1v) is 4.79. The van der Waals surface area contributed by atoms with E-state index < -0.39 is 0 Å². The van der Waals surface area contributed by atoms with Gasteiger partial charge in [0, 0.05) is 13.1 Å². The van der Waals surface area contributed by atoms with Gasteiger partial charge < -0.3 is 9.47 Å². The van der Waals surface area contributed by atoms with Crippen molar-refractivity contribution < 1.29 is 9.47 Å². The molecule has 1 saturated heterocycles. The highest BCUT2D eigenvalue weighted by Gasteiger charge is 2.16. The van der Waals surface area contributed by atoms with Crippen molar-refractivity contribution in [3.63, 3.8) is 0 Å². The summed E-state index contributed by atoms with van der Waals surface area (Å²) >= 11 is 0.